The van der Waals surface area contributed by atoms with Crippen LogP contribution in [0.2, 0.25) is 0 Å². The molecule has 0 aromatic heterocycles. The number of anilines is 2. The summed E-state index contributed by atoms with van der Waals surface area (Å²) in [5.41, 5.74) is 2.49. The van der Waals surface area contributed by atoms with E-state index >= 15 is 0 Å². The summed E-state index contributed by atoms with van der Waals surface area (Å²) in [5.74, 6) is -0.284. The van der Waals surface area contributed by atoms with Crippen LogP contribution in [0.25, 0.3) is 0 Å². The van der Waals surface area contributed by atoms with Gasteiger partial charge in [0.05, 0.1) is 11.1 Å². The Kier molecular flexibility index (Phi) is 9.25. The molecule has 0 aliphatic carbocycles. The molecule has 0 unspecified atom stereocenters. The Morgan fingerprint density at radius 3 is 1.77 bits per heavy atom. The van der Waals surface area contributed by atoms with Gasteiger partial charge in [0.2, 0.25) is 0 Å². The molecule has 3 N–H and O–H groups in total. The number of benzene rings is 5. The molecule has 3 amide bonds. The van der Waals surface area contributed by atoms with Gasteiger partial charge < -0.3 is 20.7 Å². The van der Waals surface area contributed by atoms with Crippen LogP contribution in [0, 0.1) is 0 Å². The number of para-hydroxylation sites is 1. The molecule has 9 heteroatoms. The van der Waals surface area contributed by atoms with Crippen LogP contribution in [0.1, 0.15) is 38.7 Å². The topological polar surface area (TPSA) is 79.5 Å². The first-order valence-electron chi connectivity index (χ1n) is 13.7. The molecule has 0 aliphatic rings. The summed E-state index contributed by atoms with van der Waals surface area (Å²) in [6, 6.07) is 36.7. The number of hydrogen-bond acceptors (Lipinski definition) is 3. The number of nitrogens with one attached hydrogen (secondary N) is 3. The number of hydrogen-bond donors (Lipinski definition) is 3. The van der Waals surface area contributed by atoms with Gasteiger partial charge in [-0.05, 0) is 59.2 Å². The van der Waals surface area contributed by atoms with Gasteiger partial charge in [0.1, 0.15) is 11.9 Å². The van der Waals surface area contributed by atoms with Crippen LogP contribution < -0.4 is 20.7 Å². The van der Waals surface area contributed by atoms with Gasteiger partial charge in [0.25, 0.3) is 5.91 Å². The quantitative estimate of drug-likeness (QED) is 0.160. The normalized spacial score (nSPS) is 11.1. The summed E-state index contributed by atoms with van der Waals surface area (Å²) in [6.07, 6.45) is -5.01. The fraction of sp³-hybridized carbons (Fsp3) is 0.0857. The number of rotatable bonds is 9. The lowest BCUT2D eigenvalue weighted by Gasteiger charge is -2.22. The maximum atomic E-state index is 13.5. The number of halogens is 3. The molecule has 0 aliphatic heterocycles. The van der Waals surface area contributed by atoms with Gasteiger partial charge in [-0.2, -0.15) is 13.2 Å². The van der Waals surface area contributed by atoms with Crippen molar-refractivity contribution in [2.75, 3.05) is 10.6 Å². The highest BCUT2D eigenvalue weighted by Gasteiger charge is 2.30. The standard InChI is InChI=1S/C35H28F3N3O3/c36-35(37,38)27-18-16-24(17-19-27)23-39-33(42)30-22-29(41-34(43)40-28-14-8-3-9-15-28)20-21-31(30)44-32(25-10-4-1-5-11-25)26-12-6-2-7-13-26/h1-22,32H,23H2,(H,39,42)(H2,40,41,43). The first-order chi connectivity index (χ1) is 21.3. The summed E-state index contributed by atoms with van der Waals surface area (Å²) < 4.78 is 45.4. The van der Waals surface area contributed by atoms with Gasteiger partial charge >= 0.3 is 12.2 Å². The second kappa shape index (κ2) is 13.6. The fourth-order valence-electron chi connectivity index (χ4n) is 4.50. The van der Waals surface area contributed by atoms with Crippen molar-refractivity contribution in [2.45, 2.75) is 18.8 Å². The lowest BCUT2D eigenvalue weighted by atomic mass is 10.0. The molecule has 0 spiro atoms. The highest BCUT2D eigenvalue weighted by molar-refractivity contribution is 6.02. The van der Waals surface area contributed by atoms with E-state index in [2.05, 4.69) is 16.0 Å². The van der Waals surface area contributed by atoms with Crippen molar-refractivity contribution in [1.29, 1.82) is 0 Å². The maximum absolute atomic E-state index is 13.5. The molecule has 5 aromatic carbocycles. The second-order valence-electron chi connectivity index (χ2n) is 9.85. The molecule has 0 fully saturated rings. The molecular weight excluding hydrogens is 567 g/mol. The lowest BCUT2D eigenvalue weighted by Crippen LogP contribution is -2.25. The Hall–Kier alpha value is -5.57. The van der Waals surface area contributed by atoms with E-state index in [-0.39, 0.29) is 17.9 Å². The van der Waals surface area contributed by atoms with Gasteiger partial charge in [-0.25, -0.2) is 4.79 Å². The summed E-state index contributed by atoms with van der Waals surface area (Å²) in [7, 11) is 0. The molecule has 0 atom stereocenters. The number of amides is 3. The minimum absolute atomic E-state index is 0.0244. The summed E-state index contributed by atoms with van der Waals surface area (Å²) in [6.45, 7) is -0.0244. The van der Waals surface area contributed by atoms with Crippen LogP contribution in [0.5, 0.6) is 5.75 Å². The van der Waals surface area contributed by atoms with E-state index in [1.807, 2.05) is 66.7 Å². The third-order valence-corrected chi connectivity index (χ3v) is 6.70. The van der Waals surface area contributed by atoms with Crippen LogP contribution in [0.4, 0.5) is 29.3 Å². The monoisotopic (exact) mass is 595 g/mol. The number of carbonyl (C=O) groups excluding carboxylic acids is 2. The molecular formula is C35H28F3N3O3. The Morgan fingerprint density at radius 2 is 1.20 bits per heavy atom. The molecule has 5 rings (SSSR count). The van der Waals surface area contributed by atoms with Gasteiger partial charge in [-0.1, -0.05) is 91.0 Å². The Labute approximate surface area is 252 Å². The molecule has 0 saturated heterocycles. The largest absolute Gasteiger partial charge is 0.480 e. The molecule has 222 valence electrons. The summed E-state index contributed by atoms with van der Waals surface area (Å²) in [4.78, 5) is 26.2. The Morgan fingerprint density at radius 1 is 0.659 bits per heavy atom. The molecule has 44 heavy (non-hydrogen) atoms. The van der Waals surface area contributed by atoms with E-state index in [4.69, 9.17) is 4.74 Å². The SMILES string of the molecule is O=C(Nc1ccccc1)Nc1ccc(OC(c2ccccc2)c2ccccc2)c(C(=O)NCc2ccc(C(F)(F)F)cc2)c1. The first-order valence-corrected chi connectivity index (χ1v) is 13.7. The molecule has 0 saturated carbocycles. The highest BCUT2D eigenvalue weighted by Crippen LogP contribution is 2.33. The van der Waals surface area contributed by atoms with Gasteiger partial charge in [-0.3, -0.25) is 4.79 Å². The zero-order valence-electron chi connectivity index (χ0n) is 23.3. The fourth-order valence-corrected chi connectivity index (χ4v) is 4.50. The Balaban J connectivity index is 1.42. The van der Waals surface area contributed by atoms with E-state index in [0.29, 0.717) is 16.9 Å². The van der Waals surface area contributed by atoms with Crippen LogP contribution in [0.15, 0.2) is 133 Å². The van der Waals surface area contributed by atoms with Gasteiger partial charge in [0.15, 0.2) is 0 Å². The van der Waals surface area contributed by atoms with Crippen molar-refractivity contribution in [3.05, 3.63) is 161 Å². The molecule has 0 heterocycles. The molecule has 0 bridgehead atoms. The lowest BCUT2D eigenvalue weighted by molar-refractivity contribution is -0.137. The predicted molar refractivity (Wildman–Crippen MR) is 163 cm³/mol. The highest BCUT2D eigenvalue weighted by atomic mass is 19.4. The van der Waals surface area contributed by atoms with Gasteiger partial charge in [-0.15, -0.1) is 0 Å². The minimum atomic E-state index is -4.46. The minimum Gasteiger partial charge on any atom is -0.480 e. The average molecular weight is 596 g/mol. The zero-order chi connectivity index (χ0) is 30.9. The Bertz CT molecular complexity index is 1660. The summed E-state index contributed by atoms with van der Waals surface area (Å²) in [5, 5.41) is 8.22. The third kappa shape index (κ3) is 7.83. The van der Waals surface area contributed by atoms with E-state index in [1.165, 1.54) is 18.2 Å². The van der Waals surface area contributed by atoms with Crippen LogP contribution >= 0.6 is 0 Å². The van der Waals surface area contributed by atoms with Crippen molar-refractivity contribution in [3.63, 3.8) is 0 Å². The summed E-state index contributed by atoms with van der Waals surface area (Å²) >= 11 is 0. The second-order valence-corrected chi connectivity index (χ2v) is 9.85. The predicted octanol–water partition coefficient (Wildman–Crippen LogP) is 8.45. The van der Waals surface area contributed by atoms with E-state index in [0.717, 1.165) is 23.3 Å². The van der Waals surface area contributed by atoms with Gasteiger partial charge in [0, 0.05) is 17.9 Å². The molecule has 0 radical (unpaired) electrons. The molecule has 6 nitrogen and oxygen atoms in total. The van der Waals surface area contributed by atoms with Crippen molar-refractivity contribution < 1.29 is 27.5 Å². The third-order valence-electron chi connectivity index (χ3n) is 6.70. The van der Waals surface area contributed by atoms with E-state index in [1.54, 1.807) is 36.4 Å². The van der Waals surface area contributed by atoms with E-state index in [9.17, 15) is 22.8 Å². The number of urea groups is 1. The van der Waals surface area contributed by atoms with E-state index < -0.39 is 29.8 Å². The van der Waals surface area contributed by atoms with Crippen molar-refractivity contribution in [3.8, 4) is 5.75 Å². The average Bonchev–Trinajstić information content (AvgIpc) is 3.04. The zero-order valence-corrected chi connectivity index (χ0v) is 23.3. The van der Waals surface area contributed by atoms with Crippen molar-refractivity contribution in [1.82, 2.24) is 5.32 Å². The van der Waals surface area contributed by atoms with Crippen LogP contribution in [-0.4, -0.2) is 11.9 Å². The molecule has 5 aromatic rings. The number of carbonyl (C=O) groups is 2. The maximum Gasteiger partial charge on any atom is 0.416 e. The number of alkyl halides is 3. The smallest absolute Gasteiger partial charge is 0.416 e. The first kappa shape index (κ1) is 29.9. The van der Waals surface area contributed by atoms with Crippen LogP contribution in [-0.2, 0) is 12.7 Å². The van der Waals surface area contributed by atoms with Crippen molar-refractivity contribution >= 4 is 23.3 Å². The number of ether oxygens (including phenoxy) is 1. The van der Waals surface area contributed by atoms with Crippen LogP contribution in [0.3, 0.4) is 0 Å². The van der Waals surface area contributed by atoms with Crippen molar-refractivity contribution in [2.24, 2.45) is 0 Å².